The van der Waals surface area contributed by atoms with Crippen LogP contribution in [-0.4, -0.2) is 23.8 Å². The molecule has 0 spiro atoms. The van der Waals surface area contributed by atoms with Gasteiger partial charge in [0, 0.05) is 30.1 Å². The Morgan fingerprint density at radius 3 is 3.06 bits per heavy atom. The van der Waals surface area contributed by atoms with Crippen LogP contribution in [-0.2, 0) is 13.0 Å². The number of rotatable bonds is 6. The summed E-state index contributed by atoms with van der Waals surface area (Å²) in [5, 5.41) is 7.70. The van der Waals surface area contributed by atoms with E-state index in [0.29, 0.717) is 23.8 Å². The van der Waals surface area contributed by atoms with Crippen molar-refractivity contribution < 1.29 is 9.26 Å². The van der Waals surface area contributed by atoms with Crippen LogP contribution in [0.1, 0.15) is 11.4 Å². The van der Waals surface area contributed by atoms with Crippen molar-refractivity contribution in [1.82, 2.24) is 15.5 Å². The number of methoxy groups -OCH3 is 1. The highest BCUT2D eigenvalue weighted by Crippen LogP contribution is 2.25. The molecule has 0 saturated carbocycles. The molecule has 0 atom stereocenters. The Morgan fingerprint density at radius 2 is 2.33 bits per heavy atom. The Morgan fingerprint density at radius 1 is 1.44 bits per heavy atom. The van der Waals surface area contributed by atoms with Gasteiger partial charge in [0.05, 0.1) is 7.11 Å². The van der Waals surface area contributed by atoms with Crippen LogP contribution >= 0.6 is 11.6 Å². The molecular weight excluding hydrogens is 254 g/mol. The molecule has 0 aliphatic rings. The van der Waals surface area contributed by atoms with Gasteiger partial charge >= 0.3 is 0 Å². The van der Waals surface area contributed by atoms with Crippen LogP contribution in [0.3, 0.4) is 0 Å². The van der Waals surface area contributed by atoms with Crippen LogP contribution in [0.4, 0.5) is 0 Å². The second kappa shape index (κ2) is 6.37. The van der Waals surface area contributed by atoms with Gasteiger partial charge in [-0.05, 0) is 12.1 Å². The first-order valence-electron chi connectivity index (χ1n) is 5.58. The number of benzene rings is 1. The smallest absolute Gasteiger partial charge is 0.213 e. The van der Waals surface area contributed by atoms with Gasteiger partial charge in [-0.3, -0.25) is 0 Å². The molecule has 1 aromatic heterocycles. The molecule has 1 heterocycles. The largest absolute Gasteiger partial charge is 0.496 e. The second-order valence-corrected chi connectivity index (χ2v) is 4.10. The monoisotopic (exact) mass is 267 g/mol. The van der Waals surface area contributed by atoms with E-state index in [0.717, 1.165) is 17.9 Å². The minimum absolute atomic E-state index is 0.640. The molecule has 2 rings (SSSR count). The lowest BCUT2D eigenvalue weighted by Gasteiger charge is -2.10. The van der Waals surface area contributed by atoms with E-state index in [1.165, 1.54) is 6.39 Å². The van der Waals surface area contributed by atoms with Gasteiger partial charge in [-0.1, -0.05) is 22.8 Å². The number of aromatic nitrogens is 2. The Hall–Kier alpha value is -1.59. The standard InChI is InChI=1S/C12H14ClN3O2/c1-17-11-4-2-3-10(13)9(11)7-14-6-5-12-15-8-18-16-12/h2-4,8,14H,5-7H2,1H3. The number of nitrogens with one attached hydrogen (secondary N) is 1. The first-order chi connectivity index (χ1) is 8.81. The normalized spacial score (nSPS) is 10.6. The molecule has 2 aromatic rings. The molecule has 0 bridgehead atoms. The third-order valence-corrected chi connectivity index (χ3v) is 2.88. The second-order valence-electron chi connectivity index (χ2n) is 3.69. The van der Waals surface area contributed by atoms with E-state index in [1.54, 1.807) is 7.11 Å². The van der Waals surface area contributed by atoms with Gasteiger partial charge in [-0.2, -0.15) is 4.98 Å². The molecule has 1 aromatic carbocycles. The van der Waals surface area contributed by atoms with Crippen LogP contribution in [0.5, 0.6) is 5.75 Å². The summed E-state index contributed by atoms with van der Waals surface area (Å²) in [6, 6.07) is 5.60. The molecule has 5 nitrogen and oxygen atoms in total. The van der Waals surface area contributed by atoms with E-state index in [1.807, 2.05) is 18.2 Å². The Balaban J connectivity index is 1.86. The number of nitrogens with zero attached hydrogens (tertiary/aromatic N) is 2. The van der Waals surface area contributed by atoms with Crippen LogP contribution in [0.15, 0.2) is 29.1 Å². The molecule has 0 aliphatic carbocycles. The molecule has 0 saturated heterocycles. The van der Waals surface area contributed by atoms with Crippen LogP contribution < -0.4 is 10.1 Å². The van der Waals surface area contributed by atoms with E-state index >= 15 is 0 Å². The molecule has 0 fully saturated rings. The highest BCUT2D eigenvalue weighted by molar-refractivity contribution is 6.31. The summed E-state index contributed by atoms with van der Waals surface area (Å²) < 4.78 is 9.92. The third kappa shape index (κ3) is 3.21. The first-order valence-corrected chi connectivity index (χ1v) is 5.96. The fourth-order valence-electron chi connectivity index (χ4n) is 1.62. The maximum Gasteiger partial charge on any atom is 0.213 e. The summed E-state index contributed by atoms with van der Waals surface area (Å²) in [6.45, 7) is 1.38. The van der Waals surface area contributed by atoms with Crippen molar-refractivity contribution in [2.75, 3.05) is 13.7 Å². The van der Waals surface area contributed by atoms with E-state index in [-0.39, 0.29) is 0 Å². The third-order valence-electron chi connectivity index (χ3n) is 2.53. The van der Waals surface area contributed by atoms with E-state index in [9.17, 15) is 0 Å². The average molecular weight is 268 g/mol. The summed E-state index contributed by atoms with van der Waals surface area (Å²) in [6.07, 6.45) is 2.04. The molecule has 0 unspecified atom stereocenters. The van der Waals surface area contributed by atoms with Gasteiger partial charge in [-0.25, -0.2) is 0 Å². The van der Waals surface area contributed by atoms with Gasteiger partial charge in [0.1, 0.15) is 5.75 Å². The van der Waals surface area contributed by atoms with Crippen molar-refractivity contribution in [3.63, 3.8) is 0 Å². The molecule has 6 heteroatoms. The van der Waals surface area contributed by atoms with Gasteiger partial charge in [0.15, 0.2) is 5.82 Å². The Bertz CT molecular complexity index is 488. The predicted octanol–water partition coefficient (Wildman–Crippen LogP) is 2.06. The van der Waals surface area contributed by atoms with Crippen molar-refractivity contribution in [2.24, 2.45) is 0 Å². The molecule has 18 heavy (non-hydrogen) atoms. The van der Waals surface area contributed by atoms with Crippen LogP contribution in [0.2, 0.25) is 5.02 Å². The zero-order valence-corrected chi connectivity index (χ0v) is 10.8. The highest BCUT2D eigenvalue weighted by atomic mass is 35.5. The van der Waals surface area contributed by atoms with Gasteiger partial charge in [0.2, 0.25) is 6.39 Å². The zero-order chi connectivity index (χ0) is 12.8. The van der Waals surface area contributed by atoms with Gasteiger partial charge < -0.3 is 14.6 Å². The topological polar surface area (TPSA) is 60.2 Å². The summed E-state index contributed by atoms with van der Waals surface area (Å²) >= 11 is 6.13. The fraction of sp³-hybridized carbons (Fsp3) is 0.333. The lowest BCUT2D eigenvalue weighted by molar-refractivity contribution is 0.406. The minimum atomic E-state index is 0.640. The summed E-state index contributed by atoms with van der Waals surface area (Å²) in [4.78, 5) is 3.94. The molecule has 1 N–H and O–H groups in total. The predicted molar refractivity (Wildman–Crippen MR) is 67.7 cm³/mol. The fourth-order valence-corrected chi connectivity index (χ4v) is 1.85. The molecule has 0 aliphatic heterocycles. The first kappa shape index (κ1) is 12.9. The quantitative estimate of drug-likeness (QED) is 0.812. The van der Waals surface area contributed by atoms with Crippen LogP contribution in [0.25, 0.3) is 0 Å². The van der Waals surface area contributed by atoms with Gasteiger partial charge in [-0.15, -0.1) is 0 Å². The molecule has 0 radical (unpaired) electrons. The maximum absolute atomic E-state index is 6.13. The zero-order valence-electron chi connectivity index (χ0n) is 10.0. The molecule has 0 amide bonds. The lowest BCUT2D eigenvalue weighted by Crippen LogP contribution is -2.18. The Kier molecular flexibility index (Phi) is 4.55. The highest BCUT2D eigenvalue weighted by Gasteiger charge is 2.07. The lowest BCUT2D eigenvalue weighted by atomic mass is 10.2. The van der Waals surface area contributed by atoms with Gasteiger partial charge in [0.25, 0.3) is 0 Å². The van der Waals surface area contributed by atoms with Crippen molar-refractivity contribution in [3.8, 4) is 5.75 Å². The van der Waals surface area contributed by atoms with Crippen molar-refractivity contribution in [2.45, 2.75) is 13.0 Å². The average Bonchev–Trinajstić information content (AvgIpc) is 2.89. The molecular formula is C12H14ClN3O2. The summed E-state index contributed by atoms with van der Waals surface area (Å²) in [7, 11) is 1.63. The summed E-state index contributed by atoms with van der Waals surface area (Å²) in [5.41, 5.74) is 0.953. The van der Waals surface area contributed by atoms with Crippen LogP contribution in [0, 0.1) is 0 Å². The van der Waals surface area contributed by atoms with E-state index in [2.05, 4.69) is 20.0 Å². The van der Waals surface area contributed by atoms with Crippen molar-refractivity contribution in [3.05, 3.63) is 41.0 Å². The minimum Gasteiger partial charge on any atom is -0.496 e. The number of ether oxygens (including phenoxy) is 1. The Labute approximate surface area is 110 Å². The number of halogens is 1. The molecule has 96 valence electrons. The van der Waals surface area contributed by atoms with E-state index in [4.69, 9.17) is 16.3 Å². The van der Waals surface area contributed by atoms with Crippen molar-refractivity contribution in [1.29, 1.82) is 0 Å². The summed E-state index contributed by atoms with van der Waals surface area (Å²) in [5.74, 6) is 1.48. The number of hydrogen-bond donors (Lipinski definition) is 1. The number of hydrogen-bond acceptors (Lipinski definition) is 5. The van der Waals surface area contributed by atoms with E-state index < -0.39 is 0 Å². The maximum atomic E-state index is 6.13. The van der Waals surface area contributed by atoms with Crippen molar-refractivity contribution >= 4 is 11.6 Å². The SMILES string of the molecule is COc1cccc(Cl)c1CNCCc1ncon1.